The van der Waals surface area contributed by atoms with Gasteiger partial charge in [-0.25, -0.2) is 0 Å². The number of para-hydroxylation sites is 1. The number of nitrogens with one attached hydrogen (secondary N) is 1. The molecule has 1 fully saturated rings. The minimum Gasteiger partial charge on any atom is -0.368 e. The summed E-state index contributed by atoms with van der Waals surface area (Å²) in [5.41, 5.74) is 2.31. The van der Waals surface area contributed by atoms with Gasteiger partial charge >= 0.3 is 0 Å². The van der Waals surface area contributed by atoms with E-state index in [1.807, 2.05) is 42.5 Å². The first kappa shape index (κ1) is 19.3. The van der Waals surface area contributed by atoms with E-state index in [1.54, 1.807) is 11.0 Å². The second kappa shape index (κ2) is 8.53. The molecule has 1 aromatic heterocycles. The van der Waals surface area contributed by atoms with Gasteiger partial charge in [-0.3, -0.25) is 9.59 Å². The predicted molar refractivity (Wildman–Crippen MR) is 111 cm³/mol. The fourth-order valence-electron chi connectivity index (χ4n) is 3.43. The lowest BCUT2D eigenvalue weighted by atomic mass is 10.1. The Morgan fingerprint density at radius 2 is 1.76 bits per heavy atom. The standard InChI is InChI=1S/C21H21ClN4O3/c22-15-5-7-16(8-6-15)25-9-11-26(12-10-25)21(28)14-23-20(27)13-18-17-3-1-2-4-19(17)29-24-18/h1-8H,9-14H2,(H,23,27). The molecular formula is C21H21ClN4O3. The molecule has 1 saturated heterocycles. The summed E-state index contributed by atoms with van der Waals surface area (Å²) in [5.74, 6) is -0.337. The maximum atomic E-state index is 12.4. The molecule has 7 nitrogen and oxygen atoms in total. The number of aromatic nitrogens is 1. The van der Waals surface area contributed by atoms with Gasteiger partial charge in [0.05, 0.1) is 13.0 Å². The van der Waals surface area contributed by atoms with Gasteiger partial charge in [0.1, 0.15) is 5.69 Å². The molecule has 0 unspecified atom stereocenters. The van der Waals surface area contributed by atoms with E-state index in [1.165, 1.54) is 0 Å². The molecule has 0 bridgehead atoms. The van der Waals surface area contributed by atoms with E-state index in [0.29, 0.717) is 29.4 Å². The van der Waals surface area contributed by atoms with Crippen molar-refractivity contribution in [2.45, 2.75) is 6.42 Å². The second-order valence-corrected chi connectivity index (χ2v) is 7.36. The number of carbonyl (C=O) groups is 2. The molecule has 4 rings (SSSR count). The van der Waals surface area contributed by atoms with E-state index in [2.05, 4.69) is 15.4 Å². The summed E-state index contributed by atoms with van der Waals surface area (Å²) < 4.78 is 5.21. The lowest BCUT2D eigenvalue weighted by Crippen LogP contribution is -2.51. The zero-order valence-electron chi connectivity index (χ0n) is 15.8. The lowest BCUT2D eigenvalue weighted by molar-refractivity contribution is -0.133. The van der Waals surface area contributed by atoms with Gasteiger partial charge < -0.3 is 19.6 Å². The summed E-state index contributed by atoms with van der Waals surface area (Å²) in [6.07, 6.45) is 0.0780. The van der Waals surface area contributed by atoms with Gasteiger partial charge in [0, 0.05) is 42.3 Å². The van der Waals surface area contributed by atoms with Crippen LogP contribution in [0, 0.1) is 0 Å². The number of fused-ring (bicyclic) bond motifs is 1. The molecule has 3 aromatic rings. The van der Waals surface area contributed by atoms with Crippen molar-refractivity contribution in [1.29, 1.82) is 0 Å². The quantitative estimate of drug-likeness (QED) is 0.696. The number of hydrogen-bond acceptors (Lipinski definition) is 5. The SMILES string of the molecule is O=C(Cc1noc2ccccc12)NCC(=O)N1CCN(c2ccc(Cl)cc2)CC1. The molecule has 0 saturated carbocycles. The van der Waals surface area contributed by atoms with E-state index in [9.17, 15) is 9.59 Å². The minimum atomic E-state index is -0.253. The van der Waals surface area contributed by atoms with Gasteiger partial charge in [-0.1, -0.05) is 28.9 Å². The first-order valence-electron chi connectivity index (χ1n) is 9.48. The third kappa shape index (κ3) is 4.51. The molecule has 8 heteroatoms. The lowest BCUT2D eigenvalue weighted by Gasteiger charge is -2.36. The van der Waals surface area contributed by atoms with Crippen LogP contribution in [0.4, 0.5) is 5.69 Å². The summed E-state index contributed by atoms with van der Waals surface area (Å²) >= 11 is 5.93. The average Bonchev–Trinajstić information content (AvgIpc) is 3.15. The fraction of sp³-hybridized carbons (Fsp3) is 0.286. The van der Waals surface area contributed by atoms with Gasteiger partial charge in [-0.15, -0.1) is 0 Å². The Kier molecular flexibility index (Phi) is 5.67. The number of anilines is 1. The normalized spacial score (nSPS) is 14.2. The molecule has 1 aliphatic rings. The van der Waals surface area contributed by atoms with Gasteiger partial charge in [0.15, 0.2) is 5.58 Å². The van der Waals surface area contributed by atoms with Crippen molar-refractivity contribution in [3.05, 3.63) is 59.2 Å². The number of amides is 2. The first-order chi connectivity index (χ1) is 14.1. The number of hydrogen-bond donors (Lipinski definition) is 1. The number of piperazine rings is 1. The summed E-state index contributed by atoms with van der Waals surface area (Å²) in [4.78, 5) is 28.7. The molecule has 0 radical (unpaired) electrons. The number of nitrogens with zero attached hydrogens (tertiary/aromatic N) is 3. The monoisotopic (exact) mass is 412 g/mol. The summed E-state index contributed by atoms with van der Waals surface area (Å²) in [5, 5.41) is 8.16. The Hall–Kier alpha value is -3.06. The third-order valence-electron chi connectivity index (χ3n) is 5.04. The smallest absolute Gasteiger partial charge is 0.242 e. The van der Waals surface area contributed by atoms with Crippen LogP contribution >= 0.6 is 11.6 Å². The van der Waals surface area contributed by atoms with Crippen molar-refractivity contribution in [1.82, 2.24) is 15.4 Å². The molecule has 0 spiro atoms. The van der Waals surface area contributed by atoms with Crippen LogP contribution < -0.4 is 10.2 Å². The van der Waals surface area contributed by atoms with Crippen molar-refractivity contribution >= 4 is 40.1 Å². The van der Waals surface area contributed by atoms with Crippen LogP contribution in [0.15, 0.2) is 53.1 Å². The van der Waals surface area contributed by atoms with Crippen LogP contribution in [0.5, 0.6) is 0 Å². The Bertz CT molecular complexity index is 1010. The molecule has 29 heavy (non-hydrogen) atoms. The number of rotatable bonds is 5. The molecule has 1 N–H and O–H groups in total. The Balaban J connectivity index is 1.24. The van der Waals surface area contributed by atoms with Gasteiger partial charge in [0.25, 0.3) is 0 Å². The highest BCUT2D eigenvalue weighted by Gasteiger charge is 2.22. The van der Waals surface area contributed by atoms with Crippen molar-refractivity contribution < 1.29 is 14.1 Å². The molecule has 2 heterocycles. The van der Waals surface area contributed by atoms with E-state index < -0.39 is 0 Å². The Labute approximate surface area is 173 Å². The van der Waals surface area contributed by atoms with Crippen LogP contribution in [0.2, 0.25) is 5.02 Å². The van der Waals surface area contributed by atoms with Crippen molar-refractivity contribution in [2.75, 3.05) is 37.6 Å². The molecule has 150 valence electrons. The highest BCUT2D eigenvalue weighted by atomic mass is 35.5. The first-order valence-corrected chi connectivity index (χ1v) is 9.86. The Morgan fingerprint density at radius 3 is 2.52 bits per heavy atom. The van der Waals surface area contributed by atoms with Crippen molar-refractivity contribution in [3.63, 3.8) is 0 Å². The fourth-order valence-corrected chi connectivity index (χ4v) is 3.56. The van der Waals surface area contributed by atoms with Crippen molar-refractivity contribution in [2.24, 2.45) is 0 Å². The molecule has 1 aliphatic heterocycles. The molecule has 0 atom stereocenters. The maximum absolute atomic E-state index is 12.4. The molecular weight excluding hydrogens is 392 g/mol. The van der Waals surface area contributed by atoms with Crippen LogP contribution in [0.1, 0.15) is 5.69 Å². The second-order valence-electron chi connectivity index (χ2n) is 6.92. The minimum absolute atomic E-state index is 0.0183. The third-order valence-corrected chi connectivity index (χ3v) is 5.29. The predicted octanol–water partition coefficient (Wildman–Crippen LogP) is 2.49. The van der Waals surface area contributed by atoms with Crippen LogP contribution in [0.25, 0.3) is 11.0 Å². The molecule has 2 amide bonds. The summed E-state index contributed by atoms with van der Waals surface area (Å²) in [7, 11) is 0. The number of carbonyl (C=O) groups excluding carboxylic acids is 2. The van der Waals surface area contributed by atoms with E-state index in [-0.39, 0.29) is 24.8 Å². The largest absolute Gasteiger partial charge is 0.368 e. The van der Waals surface area contributed by atoms with Gasteiger partial charge in [-0.05, 0) is 36.4 Å². The van der Waals surface area contributed by atoms with E-state index in [0.717, 1.165) is 24.2 Å². The van der Waals surface area contributed by atoms with Crippen LogP contribution in [-0.4, -0.2) is 54.6 Å². The van der Waals surface area contributed by atoms with Gasteiger partial charge in [0.2, 0.25) is 11.8 Å². The van der Waals surface area contributed by atoms with Gasteiger partial charge in [-0.2, -0.15) is 0 Å². The number of benzene rings is 2. The zero-order valence-corrected chi connectivity index (χ0v) is 16.6. The topological polar surface area (TPSA) is 78.7 Å². The van der Waals surface area contributed by atoms with E-state index >= 15 is 0 Å². The Morgan fingerprint density at radius 1 is 1.03 bits per heavy atom. The molecule has 2 aromatic carbocycles. The van der Waals surface area contributed by atoms with Crippen LogP contribution in [-0.2, 0) is 16.0 Å². The highest BCUT2D eigenvalue weighted by molar-refractivity contribution is 6.30. The van der Waals surface area contributed by atoms with E-state index in [4.69, 9.17) is 16.1 Å². The zero-order chi connectivity index (χ0) is 20.2. The van der Waals surface area contributed by atoms with Crippen molar-refractivity contribution in [3.8, 4) is 0 Å². The highest BCUT2D eigenvalue weighted by Crippen LogP contribution is 2.20. The molecule has 0 aliphatic carbocycles. The average molecular weight is 413 g/mol. The maximum Gasteiger partial charge on any atom is 0.242 e. The van der Waals surface area contributed by atoms with Crippen LogP contribution in [0.3, 0.4) is 0 Å². The number of halogens is 1. The summed E-state index contributed by atoms with van der Waals surface area (Å²) in [6.45, 7) is 2.70. The summed E-state index contributed by atoms with van der Waals surface area (Å²) in [6, 6.07) is 15.1.